The molecule has 234 valence electrons. The molecule has 0 saturated heterocycles. The van der Waals surface area contributed by atoms with Gasteiger partial charge in [0.25, 0.3) is 0 Å². The van der Waals surface area contributed by atoms with Crippen LogP contribution in [0.15, 0.2) is 188 Å². The Bertz CT molecular complexity index is 2760. The van der Waals surface area contributed by atoms with Gasteiger partial charge >= 0.3 is 0 Å². The minimum absolute atomic E-state index is 0.0647. The number of fused-ring (bicyclic) bond motifs is 9. The van der Waals surface area contributed by atoms with Crippen molar-refractivity contribution in [2.45, 2.75) is 0 Å². The first kappa shape index (κ1) is 28.5. The summed E-state index contributed by atoms with van der Waals surface area (Å²) in [5.74, 6) is 0. The molecule has 3 heteroatoms. The number of hydrogen-bond donors (Lipinski definition) is 0. The van der Waals surface area contributed by atoms with Crippen LogP contribution in [0.3, 0.4) is 0 Å². The van der Waals surface area contributed by atoms with Gasteiger partial charge < -0.3 is 4.57 Å². The zero-order valence-electron chi connectivity index (χ0n) is 28.0. The lowest BCUT2D eigenvalue weighted by molar-refractivity contribution is 1.20. The van der Waals surface area contributed by atoms with Crippen molar-refractivity contribution in [1.82, 2.24) is 4.57 Å². The molecule has 1 nitrogen and oxygen atoms in total. The standard InChI is InChI=1S/C48H31B2N/c1-3-16-32(17-4-1)34-22-13-23-35(33-18-5-2-6-19-33)46(34)50-41-27-10-12-31-45(41)51-44-30-11-8-21-37(44)39-25-15-29-43(48(39)51)49-40-26-9-7-20-36(40)38-24-14-28-42(50)47(38)49/h1-31H. The highest BCUT2D eigenvalue weighted by molar-refractivity contribution is 7.07. The molecule has 1 aromatic heterocycles. The molecule has 2 aliphatic rings. The maximum absolute atomic E-state index is 2.59. The van der Waals surface area contributed by atoms with Gasteiger partial charge in [0.1, 0.15) is 0 Å². The van der Waals surface area contributed by atoms with Gasteiger partial charge in [0.2, 0.25) is 13.4 Å². The third kappa shape index (κ3) is 4.06. The normalized spacial score (nSPS) is 12.6. The van der Waals surface area contributed by atoms with Gasteiger partial charge in [-0.3, -0.25) is 0 Å². The molecule has 51 heavy (non-hydrogen) atoms. The van der Waals surface area contributed by atoms with E-state index in [0.29, 0.717) is 0 Å². The van der Waals surface area contributed by atoms with E-state index < -0.39 is 0 Å². The van der Waals surface area contributed by atoms with E-state index in [9.17, 15) is 0 Å². The molecule has 0 unspecified atom stereocenters. The van der Waals surface area contributed by atoms with Crippen molar-refractivity contribution in [3.8, 4) is 39.1 Å². The van der Waals surface area contributed by atoms with Gasteiger partial charge in [0.05, 0.1) is 5.52 Å². The lowest BCUT2D eigenvalue weighted by Gasteiger charge is -2.27. The lowest BCUT2D eigenvalue weighted by atomic mass is 9.28. The first-order chi connectivity index (χ1) is 25.4. The van der Waals surface area contributed by atoms with Crippen molar-refractivity contribution in [3.05, 3.63) is 188 Å². The zero-order chi connectivity index (χ0) is 33.5. The fraction of sp³-hybridized carbons (Fsp3) is 0. The van der Waals surface area contributed by atoms with Crippen molar-refractivity contribution in [2.24, 2.45) is 0 Å². The first-order valence-corrected chi connectivity index (χ1v) is 17.9. The second-order valence-electron chi connectivity index (χ2n) is 13.9. The van der Waals surface area contributed by atoms with E-state index in [4.69, 9.17) is 0 Å². The van der Waals surface area contributed by atoms with Gasteiger partial charge in [-0.25, -0.2) is 0 Å². The van der Waals surface area contributed by atoms with E-state index >= 15 is 0 Å². The Labute approximate surface area is 298 Å². The highest BCUT2D eigenvalue weighted by Gasteiger charge is 2.42. The molecule has 8 aromatic carbocycles. The van der Waals surface area contributed by atoms with Crippen molar-refractivity contribution in [2.75, 3.05) is 0 Å². The van der Waals surface area contributed by atoms with Crippen molar-refractivity contribution in [1.29, 1.82) is 0 Å². The lowest BCUT2D eigenvalue weighted by Crippen LogP contribution is -2.63. The Balaban J connectivity index is 1.37. The van der Waals surface area contributed by atoms with Crippen molar-refractivity contribution in [3.63, 3.8) is 0 Å². The Morgan fingerprint density at radius 2 is 0.824 bits per heavy atom. The monoisotopic (exact) mass is 643 g/mol. The summed E-state index contributed by atoms with van der Waals surface area (Å²) >= 11 is 0. The van der Waals surface area contributed by atoms with E-state index in [0.717, 1.165) is 0 Å². The molecule has 11 rings (SSSR count). The average molecular weight is 643 g/mol. The fourth-order valence-electron chi connectivity index (χ4n) is 9.42. The molecule has 0 fully saturated rings. The minimum Gasteiger partial charge on any atom is -0.310 e. The summed E-state index contributed by atoms with van der Waals surface area (Å²) in [6.07, 6.45) is 0. The van der Waals surface area contributed by atoms with Crippen LogP contribution in [0.5, 0.6) is 0 Å². The van der Waals surface area contributed by atoms with Crippen LogP contribution in [0.25, 0.3) is 60.9 Å². The highest BCUT2D eigenvalue weighted by atomic mass is 15.0. The van der Waals surface area contributed by atoms with Gasteiger partial charge in [-0.2, -0.15) is 0 Å². The van der Waals surface area contributed by atoms with Crippen molar-refractivity contribution >= 4 is 68.0 Å². The van der Waals surface area contributed by atoms with Gasteiger partial charge in [-0.15, -0.1) is 0 Å². The summed E-state index contributed by atoms with van der Waals surface area (Å²) in [7, 11) is 0. The van der Waals surface area contributed by atoms with Crippen LogP contribution in [-0.4, -0.2) is 18.0 Å². The second kappa shape index (κ2) is 11.1. The van der Waals surface area contributed by atoms with E-state index in [2.05, 4.69) is 193 Å². The Hall–Kier alpha value is -6.31. The predicted molar refractivity (Wildman–Crippen MR) is 219 cm³/mol. The molecule has 3 heterocycles. The smallest absolute Gasteiger partial charge is 0.245 e. The minimum atomic E-state index is -0.0647. The van der Waals surface area contributed by atoms with Crippen LogP contribution in [0, 0.1) is 0 Å². The largest absolute Gasteiger partial charge is 0.310 e. The third-order valence-corrected chi connectivity index (χ3v) is 11.4. The maximum atomic E-state index is 2.59. The SMILES string of the molecule is c1ccc(-c2cccc(-c3ccccc3)c2B2c3ccccc3-n3c4ccccc4c4cccc(c43)B3c4ccccc4-c4cccc2c43)cc1. The molecular weight excluding hydrogens is 612 g/mol. The molecule has 0 bridgehead atoms. The van der Waals surface area contributed by atoms with Crippen LogP contribution in [0.4, 0.5) is 0 Å². The zero-order valence-corrected chi connectivity index (χ0v) is 28.0. The summed E-state index contributed by atoms with van der Waals surface area (Å²) in [4.78, 5) is 0. The van der Waals surface area contributed by atoms with E-state index in [1.807, 2.05) is 0 Å². The van der Waals surface area contributed by atoms with Gasteiger partial charge in [-0.1, -0.05) is 198 Å². The second-order valence-corrected chi connectivity index (χ2v) is 13.9. The highest BCUT2D eigenvalue weighted by Crippen LogP contribution is 2.34. The Kier molecular flexibility index (Phi) is 6.21. The summed E-state index contributed by atoms with van der Waals surface area (Å²) < 4.78 is 2.59. The first-order valence-electron chi connectivity index (χ1n) is 17.9. The molecule has 0 atom stereocenters. The Morgan fingerprint density at radius 1 is 0.314 bits per heavy atom. The van der Waals surface area contributed by atoms with Crippen LogP contribution in [0.2, 0.25) is 0 Å². The molecule has 0 amide bonds. The van der Waals surface area contributed by atoms with Crippen LogP contribution in [-0.2, 0) is 0 Å². The third-order valence-electron chi connectivity index (χ3n) is 11.4. The number of hydrogen-bond acceptors (Lipinski definition) is 0. The number of aromatic nitrogens is 1. The van der Waals surface area contributed by atoms with Crippen LogP contribution >= 0.6 is 0 Å². The van der Waals surface area contributed by atoms with E-state index in [-0.39, 0.29) is 13.4 Å². The predicted octanol–water partition coefficient (Wildman–Crippen LogP) is 7.44. The number of rotatable bonds is 3. The topological polar surface area (TPSA) is 4.93 Å². The maximum Gasteiger partial charge on any atom is 0.245 e. The Morgan fingerprint density at radius 3 is 1.61 bits per heavy atom. The average Bonchev–Trinajstić information content (AvgIpc) is 3.73. The van der Waals surface area contributed by atoms with Crippen LogP contribution in [0.1, 0.15) is 0 Å². The van der Waals surface area contributed by atoms with E-state index in [1.165, 1.54) is 93.7 Å². The summed E-state index contributed by atoms with van der Waals surface area (Å²) in [5, 5.41) is 2.59. The number of para-hydroxylation sites is 3. The number of nitrogens with zero attached hydrogens (tertiary/aromatic N) is 1. The summed E-state index contributed by atoms with van der Waals surface area (Å²) in [6.45, 7) is 0.0186. The van der Waals surface area contributed by atoms with E-state index in [1.54, 1.807) is 0 Å². The fourth-order valence-corrected chi connectivity index (χ4v) is 9.42. The molecular formula is C48H31B2N. The number of benzene rings is 8. The quantitative estimate of drug-likeness (QED) is 0.177. The molecule has 0 radical (unpaired) electrons. The molecule has 2 aliphatic heterocycles. The van der Waals surface area contributed by atoms with Crippen LogP contribution < -0.4 is 32.8 Å². The van der Waals surface area contributed by atoms with Gasteiger partial charge in [-0.05, 0) is 56.4 Å². The van der Waals surface area contributed by atoms with Gasteiger partial charge in [0.15, 0.2) is 0 Å². The molecule has 0 N–H and O–H groups in total. The summed E-state index contributed by atoms with van der Waals surface area (Å²) in [5.41, 5.74) is 19.6. The molecule has 9 aromatic rings. The molecule has 0 spiro atoms. The van der Waals surface area contributed by atoms with Gasteiger partial charge in [0, 0.05) is 22.0 Å². The van der Waals surface area contributed by atoms with Crippen molar-refractivity contribution < 1.29 is 0 Å². The molecule has 0 saturated carbocycles. The molecule has 0 aliphatic carbocycles. The summed E-state index contributed by atoms with van der Waals surface area (Å²) in [6, 6.07) is 70.2.